The Morgan fingerprint density at radius 3 is 2.66 bits per heavy atom. The normalized spacial score (nSPS) is 20.5. The van der Waals surface area contributed by atoms with Gasteiger partial charge in [0.15, 0.2) is 11.6 Å². The molecule has 1 aliphatic carbocycles. The van der Waals surface area contributed by atoms with Gasteiger partial charge < -0.3 is 14.4 Å². The third kappa shape index (κ3) is 7.14. The van der Waals surface area contributed by atoms with Crippen LogP contribution in [0.3, 0.4) is 0 Å². The lowest BCUT2D eigenvalue weighted by Crippen LogP contribution is -2.50. The number of hydrogen-bond acceptors (Lipinski definition) is 6. The smallest absolute Gasteiger partial charge is 0.324 e. The van der Waals surface area contributed by atoms with Gasteiger partial charge in [0.2, 0.25) is 15.9 Å². The zero-order valence-corrected chi connectivity index (χ0v) is 20.7. The molecular weight excluding hydrogens is 477 g/mol. The first-order valence-electron chi connectivity index (χ1n) is 12.4. The summed E-state index contributed by atoms with van der Waals surface area (Å²) in [4.78, 5) is 24.6. The summed E-state index contributed by atoms with van der Waals surface area (Å²) < 4.78 is 54.5. The maximum Gasteiger partial charge on any atom is 0.324 e. The Hall–Kier alpha value is -2.24. The highest BCUT2D eigenvalue weighted by molar-refractivity contribution is 7.89. The average molecular weight is 512 g/mol. The van der Waals surface area contributed by atoms with E-state index < -0.39 is 27.4 Å². The van der Waals surface area contributed by atoms with Crippen LogP contribution in [-0.2, 0) is 25.1 Å². The number of ether oxygens (including phenoxy) is 2. The minimum Gasteiger partial charge on any atom is -0.490 e. The van der Waals surface area contributed by atoms with E-state index in [1.54, 1.807) is 17.0 Å². The molecule has 35 heavy (non-hydrogen) atoms. The summed E-state index contributed by atoms with van der Waals surface area (Å²) in [6.07, 6.45) is 5.08. The van der Waals surface area contributed by atoms with Crippen molar-refractivity contribution in [3.63, 3.8) is 0 Å². The minimum atomic E-state index is -3.63. The highest BCUT2D eigenvalue weighted by Gasteiger charge is 2.38. The van der Waals surface area contributed by atoms with Crippen molar-refractivity contribution < 1.29 is 31.9 Å². The predicted octanol–water partition coefficient (Wildman–Crippen LogP) is 2.65. The molecule has 9 nitrogen and oxygen atoms in total. The third-order valence-corrected chi connectivity index (χ3v) is 8.36. The summed E-state index contributed by atoms with van der Waals surface area (Å²) in [5, 5.41) is 2.28. The van der Waals surface area contributed by atoms with Gasteiger partial charge in [-0.3, -0.25) is 10.1 Å². The predicted molar refractivity (Wildman–Crippen MR) is 127 cm³/mol. The number of carbonyl (C=O) groups excluding carboxylic acids is 2. The molecule has 0 unspecified atom stereocenters. The van der Waals surface area contributed by atoms with Gasteiger partial charge >= 0.3 is 6.03 Å². The van der Waals surface area contributed by atoms with E-state index in [-0.39, 0.29) is 23.8 Å². The Morgan fingerprint density at radius 2 is 1.94 bits per heavy atom. The van der Waals surface area contributed by atoms with Crippen molar-refractivity contribution in [1.29, 1.82) is 0 Å². The van der Waals surface area contributed by atoms with Crippen LogP contribution in [0.15, 0.2) is 18.2 Å². The van der Waals surface area contributed by atoms with Crippen LogP contribution in [0.1, 0.15) is 56.9 Å². The Balaban J connectivity index is 1.33. The van der Waals surface area contributed by atoms with Crippen LogP contribution in [0.4, 0.5) is 9.18 Å². The van der Waals surface area contributed by atoms with E-state index >= 15 is 0 Å². The molecule has 0 bridgehead atoms. The molecule has 1 saturated carbocycles. The van der Waals surface area contributed by atoms with Crippen molar-refractivity contribution in [2.45, 2.75) is 56.9 Å². The van der Waals surface area contributed by atoms with Gasteiger partial charge in [-0.15, -0.1) is 0 Å². The molecule has 0 aromatic heterocycles. The lowest BCUT2D eigenvalue weighted by molar-refractivity contribution is -0.121. The molecule has 0 radical (unpaired) electrons. The first-order valence-corrected chi connectivity index (χ1v) is 14.0. The van der Waals surface area contributed by atoms with E-state index in [9.17, 15) is 22.4 Å². The van der Waals surface area contributed by atoms with Gasteiger partial charge in [-0.25, -0.2) is 22.3 Å². The molecule has 2 saturated heterocycles. The Bertz CT molecular complexity index is 1020. The molecule has 2 N–H and O–H groups in total. The SMILES string of the molecule is O=C1CCN(CCCCCS(=O)(=O)NC2(c3ccc(F)c(OCC4CC4)c3)CCOCC2)C(=O)N1. The van der Waals surface area contributed by atoms with Crippen LogP contribution in [-0.4, -0.2) is 63.9 Å². The maximum atomic E-state index is 14.4. The molecule has 3 fully saturated rings. The van der Waals surface area contributed by atoms with Gasteiger partial charge in [0.1, 0.15) is 0 Å². The van der Waals surface area contributed by atoms with Gasteiger partial charge in [0, 0.05) is 32.7 Å². The fraction of sp³-hybridized carbons (Fsp3) is 0.667. The molecule has 4 rings (SSSR count). The summed E-state index contributed by atoms with van der Waals surface area (Å²) >= 11 is 0. The zero-order chi connectivity index (χ0) is 24.9. The number of carbonyl (C=O) groups is 2. The fourth-order valence-corrected chi connectivity index (χ4v) is 6.11. The number of urea groups is 1. The lowest BCUT2D eigenvalue weighted by atomic mass is 9.83. The Morgan fingerprint density at radius 1 is 1.17 bits per heavy atom. The van der Waals surface area contributed by atoms with Crippen LogP contribution in [0.2, 0.25) is 0 Å². The van der Waals surface area contributed by atoms with E-state index in [1.165, 1.54) is 6.07 Å². The number of benzene rings is 1. The number of hydrogen-bond donors (Lipinski definition) is 2. The van der Waals surface area contributed by atoms with Crippen molar-refractivity contribution in [1.82, 2.24) is 14.9 Å². The van der Waals surface area contributed by atoms with Crippen LogP contribution in [0, 0.1) is 11.7 Å². The number of nitrogens with zero attached hydrogens (tertiary/aromatic N) is 1. The number of imide groups is 1. The molecule has 0 spiro atoms. The molecule has 2 heterocycles. The van der Waals surface area contributed by atoms with E-state index in [2.05, 4.69) is 10.0 Å². The molecule has 2 aliphatic heterocycles. The van der Waals surface area contributed by atoms with E-state index in [0.717, 1.165) is 12.8 Å². The second-order valence-electron chi connectivity index (χ2n) is 9.67. The molecule has 0 atom stereocenters. The minimum absolute atomic E-state index is 0.0491. The van der Waals surface area contributed by atoms with Crippen LogP contribution in [0.5, 0.6) is 5.75 Å². The van der Waals surface area contributed by atoms with Crippen molar-refractivity contribution in [2.24, 2.45) is 5.92 Å². The number of amides is 3. The number of sulfonamides is 1. The molecule has 1 aromatic carbocycles. The second kappa shape index (κ2) is 11.2. The van der Waals surface area contributed by atoms with Gasteiger partial charge in [-0.05, 0) is 62.1 Å². The fourth-order valence-electron chi connectivity index (χ4n) is 4.51. The van der Waals surface area contributed by atoms with Gasteiger partial charge in [-0.2, -0.15) is 0 Å². The van der Waals surface area contributed by atoms with Gasteiger partial charge in [0.05, 0.1) is 17.9 Å². The molecule has 11 heteroatoms. The van der Waals surface area contributed by atoms with Crippen LogP contribution >= 0.6 is 0 Å². The second-order valence-corrected chi connectivity index (χ2v) is 11.5. The van der Waals surface area contributed by atoms with Crippen LogP contribution < -0.4 is 14.8 Å². The number of unbranched alkanes of at least 4 members (excludes halogenated alkanes) is 2. The van der Waals surface area contributed by atoms with Crippen molar-refractivity contribution in [3.8, 4) is 5.75 Å². The highest BCUT2D eigenvalue weighted by Crippen LogP contribution is 2.36. The lowest BCUT2D eigenvalue weighted by Gasteiger charge is -2.38. The van der Waals surface area contributed by atoms with Crippen molar-refractivity contribution in [3.05, 3.63) is 29.6 Å². The van der Waals surface area contributed by atoms with E-state index in [4.69, 9.17) is 9.47 Å². The molecule has 1 aromatic rings. The van der Waals surface area contributed by atoms with Crippen molar-refractivity contribution in [2.75, 3.05) is 38.7 Å². The summed E-state index contributed by atoms with van der Waals surface area (Å²) in [5.74, 6) is -0.144. The molecule has 194 valence electrons. The van der Waals surface area contributed by atoms with Crippen LogP contribution in [0.25, 0.3) is 0 Å². The summed E-state index contributed by atoms with van der Waals surface area (Å²) in [5.41, 5.74) is -0.191. The first-order chi connectivity index (χ1) is 16.8. The Kier molecular flexibility index (Phi) is 8.28. The summed E-state index contributed by atoms with van der Waals surface area (Å²) in [6.45, 7) is 2.14. The van der Waals surface area contributed by atoms with Gasteiger partial charge in [-0.1, -0.05) is 12.5 Å². The monoisotopic (exact) mass is 511 g/mol. The Labute approximate surface area is 205 Å². The summed E-state index contributed by atoms with van der Waals surface area (Å²) in [7, 11) is -3.63. The standard InChI is InChI=1S/C24H34FN3O6S/c25-20-7-6-19(16-21(20)34-17-18-4-5-18)24(9-13-33-14-10-24)27-35(31,32)15-3-1-2-11-28-12-8-22(29)26-23(28)30/h6-7,16,18,27H,1-5,8-15,17H2,(H,26,29,30). The topological polar surface area (TPSA) is 114 Å². The largest absolute Gasteiger partial charge is 0.490 e. The molecule has 3 aliphatic rings. The van der Waals surface area contributed by atoms with Crippen molar-refractivity contribution >= 4 is 22.0 Å². The third-order valence-electron chi connectivity index (χ3n) is 6.84. The average Bonchev–Trinajstić information content (AvgIpc) is 3.64. The zero-order valence-electron chi connectivity index (χ0n) is 19.9. The number of nitrogens with one attached hydrogen (secondary N) is 2. The van der Waals surface area contributed by atoms with E-state index in [0.29, 0.717) is 76.5 Å². The van der Waals surface area contributed by atoms with Gasteiger partial charge in [0.25, 0.3) is 0 Å². The number of rotatable bonds is 12. The maximum absolute atomic E-state index is 14.4. The quantitative estimate of drug-likeness (QED) is 0.417. The number of halogens is 1. The first kappa shape index (κ1) is 25.8. The van der Waals surface area contributed by atoms with E-state index in [1.807, 2.05) is 0 Å². The highest BCUT2D eigenvalue weighted by atomic mass is 32.2. The molecule has 3 amide bonds. The molecular formula is C24H34FN3O6S. The summed E-state index contributed by atoms with van der Waals surface area (Å²) in [6, 6.07) is 4.20.